The lowest BCUT2D eigenvalue weighted by Gasteiger charge is -2.15. The van der Waals surface area contributed by atoms with Crippen molar-refractivity contribution in [3.8, 4) is 0 Å². The van der Waals surface area contributed by atoms with Crippen LogP contribution in [0.3, 0.4) is 0 Å². The Bertz CT molecular complexity index is 673. The molecule has 2 aromatic rings. The van der Waals surface area contributed by atoms with Crippen molar-refractivity contribution in [2.24, 2.45) is 0 Å². The monoisotopic (exact) mass is 299 g/mol. The number of furan rings is 1. The van der Waals surface area contributed by atoms with Crippen LogP contribution in [-0.4, -0.2) is 19.0 Å². The average Bonchev–Trinajstić information content (AvgIpc) is 2.96. The summed E-state index contributed by atoms with van der Waals surface area (Å²) in [6.07, 6.45) is 2.86. The summed E-state index contributed by atoms with van der Waals surface area (Å²) in [5.41, 5.74) is 0.657. The number of benzene rings is 1. The van der Waals surface area contributed by atoms with Gasteiger partial charge in [0, 0.05) is 6.08 Å². The normalized spacial score (nSPS) is 12.1. The molecule has 1 aromatic carbocycles. The van der Waals surface area contributed by atoms with Crippen LogP contribution < -0.4 is 5.32 Å². The first-order valence-electron chi connectivity index (χ1n) is 6.78. The van der Waals surface area contributed by atoms with Crippen LogP contribution in [0.15, 0.2) is 53.0 Å². The van der Waals surface area contributed by atoms with Crippen LogP contribution in [0.5, 0.6) is 0 Å². The molecule has 114 valence electrons. The van der Waals surface area contributed by atoms with Crippen molar-refractivity contribution < 1.29 is 18.7 Å². The summed E-state index contributed by atoms with van der Waals surface area (Å²) in [5, 5.41) is 2.62. The number of methoxy groups -OCH3 is 1. The molecular formula is C17H17NO4. The van der Waals surface area contributed by atoms with E-state index >= 15 is 0 Å². The molecule has 1 amide bonds. The number of hydrogen-bond donors (Lipinski definition) is 1. The Morgan fingerprint density at radius 1 is 1.18 bits per heavy atom. The lowest BCUT2D eigenvalue weighted by molar-refractivity contribution is -0.144. The van der Waals surface area contributed by atoms with E-state index in [0.29, 0.717) is 11.3 Å². The Morgan fingerprint density at radius 3 is 2.50 bits per heavy atom. The summed E-state index contributed by atoms with van der Waals surface area (Å²) in [7, 11) is 1.28. The maximum atomic E-state index is 12.0. The Labute approximate surface area is 128 Å². The number of amides is 1. The topological polar surface area (TPSA) is 68.5 Å². The highest BCUT2D eigenvalue weighted by Crippen LogP contribution is 2.14. The zero-order chi connectivity index (χ0) is 15.9. The zero-order valence-corrected chi connectivity index (χ0v) is 12.4. The maximum absolute atomic E-state index is 12.0. The van der Waals surface area contributed by atoms with Crippen molar-refractivity contribution in [2.75, 3.05) is 7.11 Å². The molecule has 0 spiro atoms. The van der Waals surface area contributed by atoms with Crippen LogP contribution in [0.1, 0.15) is 23.1 Å². The van der Waals surface area contributed by atoms with Gasteiger partial charge in [-0.05, 0) is 30.7 Å². The van der Waals surface area contributed by atoms with E-state index in [1.54, 1.807) is 42.5 Å². The number of carbonyl (C=O) groups is 2. The first-order valence-corrected chi connectivity index (χ1v) is 6.78. The van der Waals surface area contributed by atoms with E-state index in [2.05, 4.69) is 5.32 Å². The van der Waals surface area contributed by atoms with E-state index in [1.165, 1.54) is 13.2 Å². The van der Waals surface area contributed by atoms with E-state index in [-0.39, 0.29) is 0 Å². The number of carbonyl (C=O) groups excluding carboxylic acids is 2. The van der Waals surface area contributed by atoms with Gasteiger partial charge >= 0.3 is 5.97 Å². The van der Waals surface area contributed by atoms with Crippen molar-refractivity contribution in [3.63, 3.8) is 0 Å². The van der Waals surface area contributed by atoms with Gasteiger partial charge in [-0.3, -0.25) is 4.79 Å². The maximum Gasteiger partial charge on any atom is 0.333 e. The Hall–Kier alpha value is -2.82. The molecule has 0 saturated carbocycles. The van der Waals surface area contributed by atoms with Gasteiger partial charge in [-0.25, -0.2) is 4.79 Å². The molecule has 22 heavy (non-hydrogen) atoms. The third-order valence-electron chi connectivity index (χ3n) is 3.02. The fourth-order valence-electron chi connectivity index (χ4n) is 1.93. The Balaban J connectivity index is 2.08. The minimum absolute atomic E-state index is 0.409. The minimum atomic E-state index is -0.846. The van der Waals surface area contributed by atoms with Gasteiger partial charge in [0.25, 0.3) is 0 Å². The van der Waals surface area contributed by atoms with Crippen molar-refractivity contribution in [2.45, 2.75) is 13.0 Å². The predicted octanol–water partition coefficient (Wildman–Crippen LogP) is 2.63. The molecule has 1 N–H and O–H groups in total. The summed E-state index contributed by atoms with van der Waals surface area (Å²) >= 11 is 0. The average molecular weight is 299 g/mol. The van der Waals surface area contributed by atoms with Gasteiger partial charge in [0.1, 0.15) is 11.5 Å². The number of hydrogen-bond acceptors (Lipinski definition) is 4. The molecule has 0 aliphatic heterocycles. The standard InChI is InChI=1S/C17H17NO4/c1-12-8-9-14(22-12)10-11-15(19)18-16(17(20)21-2)13-6-4-3-5-7-13/h3-11,16H,1-2H3,(H,18,19)/b11-10+/t16-/m1/s1. The molecule has 0 aliphatic rings. The van der Waals surface area contributed by atoms with Gasteiger partial charge in [0.15, 0.2) is 6.04 Å². The van der Waals surface area contributed by atoms with Crippen LogP contribution in [0.4, 0.5) is 0 Å². The zero-order valence-electron chi connectivity index (χ0n) is 12.4. The molecule has 0 bridgehead atoms. The van der Waals surface area contributed by atoms with Gasteiger partial charge in [-0.15, -0.1) is 0 Å². The number of esters is 1. The van der Waals surface area contributed by atoms with E-state index in [0.717, 1.165) is 5.76 Å². The number of ether oxygens (including phenoxy) is 1. The second-order valence-electron chi connectivity index (χ2n) is 4.66. The third kappa shape index (κ3) is 4.09. The number of rotatable bonds is 5. The summed E-state index contributed by atoms with van der Waals surface area (Å²) in [5.74, 6) is 0.397. The van der Waals surface area contributed by atoms with E-state index in [9.17, 15) is 9.59 Å². The minimum Gasteiger partial charge on any atom is -0.467 e. The molecule has 0 radical (unpaired) electrons. The highest BCUT2D eigenvalue weighted by atomic mass is 16.5. The molecule has 0 aliphatic carbocycles. The van der Waals surface area contributed by atoms with Crippen molar-refractivity contribution in [3.05, 3.63) is 65.6 Å². The summed E-state index contributed by atoms with van der Waals surface area (Å²) < 4.78 is 10.1. The fraction of sp³-hybridized carbons (Fsp3) is 0.176. The molecule has 5 heteroatoms. The van der Waals surface area contributed by atoms with Gasteiger partial charge < -0.3 is 14.5 Å². The Morgan fingerprint density at radius 2 is 1.91 bits per heavy atom. The summed E-state index contributed by atoms with van der Waals surface area (Å²) in [6, 6.07) is 11.6. The first-order chi connectivity index (χ1) is 10.6. The molecule has 0 unspecified atom stereocenters. The van der Waals surface area contributed by atoms with Gasteiger partial charge in [-0.1, -0.05) is 30.3 Å². The quantitative estimate of drug-likeness (QED) is 0.680. The van der Waals surface area contributed by atoms with Gasteiger partial charge in [0.05, 0.1) is 7.11 Å². The van der Waals surface area contributed by atoms with Crippen molar-refractivity contribution in [1.82, 2.24) is 5.32 Å². The van der Waals surface area contributed by atoms with Gasteiger partial charge in [0.2, 0.25) is 5.91 Å². The largest absolute Gasteiger partial charge is 0.467 e. The predicted molar refractivity (Wildman–Crippen MR) is 81.8 cm³/mol. The van der Waals surface area contributed by atoms with E-state index in [1.807, 2.05) is 13.0 Å². The highest BCUT2D eigenvalue weighted by molar-refractivity contribution is 5.94. The van der Waals surface area contributed by atoms with Crippen LogP contribution in [0.2, 0.25) is 0 Å². The molecule has 1 aromatic heterocycles. The second-order valence-corrected chi connectivity index (χ2v) is 4.66. The highest BCUT2D eigenvalue weighted by Gasteiger charge is 2.22. The molecule has 0 fully saturated rings. The van der Waals surface area contributed by atoms with E-state index < -0.39 is 17.9 Å². The van der Waals surface area contributed by atoms with Crippen molar-refractivity contribution >= 4 is 18.0 Å². The van der Waals surface area contributed by atoms with Crippen molar-refractivity contribution in [1.29, 1.82) is 0 Å². The Kier molecular flexibility index (Phi) is 5.14. The molecular weight excluding hydrogens is 282 g/mol. The van der Waals surface area contributed by atoms with Crippen LogP contribution in [0.25, 0.3) is 6.08 Å². The van der Waals surface area contributed by atoms with Crippen LogP contribution >= 0.6 is 0 Å². The summed E-state index contributed by atoms with van der Waals surface area (Å²) in [4.78, 5) is 23.8. The summed E-state index contributed by atoms with van der Waals surface area (Å²) in [6.45, 7) is 1.82. The molecule has 0 saturated heterocycles. The lowest BCUT2D eigenvalue weighted by Crippen LogP contribution is -2.33. The number of aryl methyl sites for hydroxylation is 1. The first kappa shape index (κ1) is 15.6. The van der Waals surface area contributed by atoms with Crippen LogP contribution in [-0.2, 0) is 14.3 Å². The molecule has 5 nitrogen and oxygen atoms in total. The van der Waals surface area contributed by atoms with Crippen LogP contribution in [0, 0.1) is 6.92 Å². The smallest absolute Gasteiger partial charge is 0.333 e. The second kappa shape index (κ2) is 7.26. The third-order valence-corrected chi connectivity index (χ3v) is 3.02. The molecule has 2 rings (SSSR count). The van der Waals surface area contributed by atoms with E-state index in [4.69, 9.17) is 9.15 Å². The number of nitrogens with one attached hydrogen (secondary N) is 1. The van der Waals surface area contributed by atoms with Gasteiger partial charge in [-0.2, -0.15) is 0 Å². The lowest BCUT2D eigenvalue weighted by atomic mass is 10.1. The SMILES string of the molecule is COC(=O)[C@H](NC(=O)/C=C/c1ccc(C)o1)c1ccccc1. The fourth-order valence-corrected chi connectivity index (χ4v) is 1.93. The molecule has 1 heterocycles. The molecule has 1 atom stereocenters.